The van der Waals surface area contributed by atoms with Crippen LogP contribution in [0.2, 0.25) is 10.4 Å². The highest BCUT2D eigenvalue weighted by atomic mass is 35.5. The van der Waals surface area contributed by atoms with Gasteiger partial charge in [0, 0.05) is 0 Å². The van der Waals surface area contributed by atoms with E-state index in [1.807, 2.05) is 4.98 Å². The summed E-state index contributed by atoms with van der Waals surface area (Å²) >= 11 is 10.6. The SMILES string of the molecule is C.O=[N+]([O-])c1cnc(Cl)nc1Cl.O=c1[nH]cc([N+](=O)[O-])c(=O)[nH]1. The molecule has 0 bridgehead atoms. The molecule has 0 unspecified atom stereocenters. The molecule has 0 atom stereocenters. The number of nitrogens with zero attached hydrogens (tertiary/aromatic N) is 4. The normalized spacial score (nSPS) is 9.13. The monoisotopic (exact) mass is 366 g/mol. The van der Waals surface area contributed by atoms with Crippen molar-refractivity contribution in [1.82, 2.24) is 19.9 Å². The molecule has 0 aromatic carbocycles. The second-order valence-electron chi connectivity index (χ2n) is 3.29. The molecule has 0 amide bonds. The Hall–Kier alpha value is -2.86. The van der Waals surface area contributed by atoms with Crippen LogP contribution in [0.25, 0.3) is 0 Å². The summed E-state index contributed by atoms with van der Waals surface area (Å²) in [6, 6.07) is 0. The molecule has 0 aliphatic rings. The summed E-state index contributed by atoms with van der Waals surface area (Å²) < 4.78 is 0. The van der Waals surface area contributed by atoms with Crippen molar-refractivity contribution in [2.45, 2.75) is 7.43 Å². The number of halogens is 2. The average Bonchev–Trinajstić information content (AvgIpc) is 2.38. The van der Waals surface area contributed by atoms with Gasteiger partial charge >= 0.3 is 22.6 Å². The van der Waals surface area contributed by atoms with Crippen molar-refractivity contribution in [2.24, 2.45) is 0 Å². The molecule has 2 N–H and O–H groups in total. The second kappa shape index (κ2) is 8.55. The third-order valence-corrected chi connectivity index (χ3v) is 2.35. The van der Waals surface area contributed by atoms with E-state index in [2.05, 4.69) is 9.97 Å². The van der Waals surface area contributed by atoms with Crippen molar-refractivity contribution >= 4 is 34.6 Å². The van der Waals surface area contributed by atoms with Gasteiger partial charge in [-0.05, 0) is 11.6 Å². The quantitative estimate of drug-likeness (QED) is 0.345. The molecule has 23 heavy (non-hydrogen) atoms. The van der Waals surface area contributed by atoms with E-state index in [0.717, 1.165) is 12.4 Å². The maximum atomic E-state index is 10.6. The molecule has 0 saturated carbocycles. The van der Waals surface area contributed by atoms with E-state index in [4.69, 9.17) is 23.2 Å². The van der Waals surface area contributed by atoms with Gasteiger partial charge in [0.05, 0.1) is 16.0 Å². The Labute approximate surface area is 136 Å². The van der Waals surface area contributed by atoms with Gasteiger partial charge in [-0.25, -0.2) is 9.78 Å². The maximum Gasteiger partial charge on any atom is 0.349 e. The Balaban J connectivity index is 0.000000403. The second-order valence-corrected chi connectivity index (χ2v) is 3.98. The first-order valence-electron chi connectivity index (χ1n) is 5.01. The summed E-state index contributed by atoms with van der Waals surface area (Å²) in [4.78, 5) is 49.9. The van der Waals surface area contributed by atoms with E-state index < -0.39 is 26.8 Å². The topological polar surface area (TPSA) is 178 Å². The predicted octanol–water partition coefficient (Wildman–Crippen LogP) is 1.30. The standard InChI is InChI=1S/C4HCl2N3O2.C4H3N3O4.CH4/c5-3-2(9(10)11)1-7-4(6)8-3;8-3-2(7(10)11)1-5-4(9)6-3;/h1H;1H,(H2,5,6,8,9);1H4. The largest absolute Gasteiger partial charge is 0.349 e. The molecule has 2 aromatic rings. The van der Waals surface area contributed by atoms with E-state index in [9.17, 15) is 29.8 Å². The lowest BCUT2D eigenvalue weighted by atomic mass is 10.5. The number of hydrogen-bond acceptors (Lipinski definition) is 8. The Bertz CT molecular complexity index is 834. The fourth-order valence-corrected chi connectivity index (χ4v) is 1.37. The van der Waals surface area contributed by atoms with Gasteiger partial charge in [0.25, 0.3) is 0 Å². The summed E-state index contributed by atoms with van der Waals surface area (Å²) in [5.41, 5.74) is -2.79. The third-order valence-electron chi connectivity index (χ3n) is 1.89. The Morgan fingerprint density at radius 2 is 1.65 bits per heavy atom. The molecule has 12 nitrogen and oxygen atoms in total. The number of nitro groups is 2. The lowest BCUT2D eigenvalue weighted by Gasteiger charge is -1.91. The van der Waals surface area contributed by atoms with E-state index >= 15 is 0 Å². The van der Waals surface area contributed by atoms with Crippen molar-refractivity contribution in [3.8, 4) is 0 Å². The average molecular weight is 367 g/mol. The molecule has 0 spiro atoms. The van der Waals surface area contributed by atoms with Crippen molar-refractivity contribution in [3.05, 3.63) is 63.9 Å². The third kappa shape index (κ3) is 5.80. The molecular formula is C9H8Cl2N6O6. The van der Waals surface area contributed by atoms with Gasteiger partial charge in [-0.2, -0.15) is 4.98 Å². The van der Waals surface area contributed by atoms with Gasteiger partial charge in [-0.15, -0.1) is 0 Å². The Morgan fingerprint density at radius 3 is 2.09 bits per heavy atom. The minimum Gasteiger partial charge on any atom is -0.307 e. The van der Waals surface area contributed by atoms with Gasteiger partial charge in [-0.3, -0.25) is 30.0 Å². The molecule has 2 aromatic heterocycles. The summed E-state index contributed by atoms with van der Waals surface area (Å²) in [6.07, 6.45) is 1.71. The molecular weight excluding hydrogens is 359 g/mol. The predicted molar refractivity (Wildman–Crippen MR) is 79.8 cm³/mol. The Morgan fingerprint density at radius 1 is 1.09 bits per heavy atom. The number of nitrogens with one attached hydrogen (secondary N) is 2. The minimum atomic E-state index is -1.00. The van der Waals surface area contributed by atoms with E-state index in [1.54, 1.807) is 4.98 Å². The molecule has 2 heterocycles. The number of aromatic amines is 2. The van der Waals surface area contributed by atoms with Gasteiger partial charge in [0.1, 0.15) is 6.20 Å². The van der Waals surface area contributed by atoms with Crippen LogP contribution in [0.3, 0.4) is 0 Å². The van der Waals surface area contributed by atoms with Crippen LogP contribution in [0, 0.1) is 20.2 Å². The number of rotatable bonds is 2. The molecule has 0 aliphatic heterocycles. The van der Waals surface area contributed by atoms with Crippen molar-refractivity contribution in [2.75, 3.05) is 0 Å². The van der Waals surface area contributed by atoms with E-state index in [1.165, 1.54) is 0 Å². The molecule has 124 valence electrons. The fourth-order valence-electron chi connectivity index (χ4n) is 0.996. The van der Waals surface area contributed by atoms with E-state index in [0.29, 0.717) is 0 Å². The minimum absolute atomic E-state index is 0. The van der Waals surface area contributed by atoms with Crippen LogP contribution < -0.4 is 11.2 Å². The highest BCUT2D eigenvalue weighted by Crippen LogP contribution is 2.20. The van der Waals surface area contributed by atoms with Gasteiger partial charge < -0.3 is 4.98 Å². The number of hydrogen-bond donors (Lipinski definition) is 2. The fraction of sp³-hybridized carbons (Fsp3) is 0.111. The first-order chi connectivity index (χ1) is 10.2. The van der Waals surface area contributed by atoms with Crippen LogP contribution in [-0.2, 0) is 0 Å². The maximum absolute atomic E-state index is 10.6. The van der Waals surface area contributed by atoms with Crippen molar-refractivity contribution in [3.63, 3.8) is 0 Å². The van der Waals surface area contributed by atoms with Crippen molar-refractivity contribution < 1.29 is 9.85 Å². The summed E-state index contributed by atoms with van der Waals surface area (Å²) in [6.45, 7) is 0. The number of H-pyrrole nitrogens is 2. The van der Waals surface area contributed by atoms with Crippen LogP contribution in [0.1, 0.15) is 7.43 Å². The number of aromatic nitrogens is 4. The van der Waals surface area contributed by atoms with E-state index in [-0.39, 0.29) is 23.6 Å². The first-order valence-corrected chi connectivity index (χ1v) is 5.76. The van der Waals surface area contributed by atoms with Crippen LogP contribution in [0.5, 0.6) is 0 Å². The lowest BCUT2D eigenvalue weighted by Crippen LogP contribution is -2.23. The first kappa shape index (κ1) is 20.1. The van der Waals surface area contributed by atoms with Crippen LogP contribution in [0.4, 0.5) is 11.4 Å². The van der Waals surface area contributed by atoms with Gasteiger partial charge in [0.2, 0.25) is 10.4 Å². The van der Waals surface area contributed by atoms with Gasteiger partial charge in [-0.1, -0.05) is 19.0 Å². The zero-order valence-corrected chi connectivity index (χ0v) is 11.7. The smallest absolute Gasteiger partial charge is 0.307 e. The van der Waals surface area contributed by atoms with Crippen LogP contribution in [0.15, 0.2) is 22.0 Å². The van der Waals surface area contributed by atoms with Gasteiger partial charge in [0.15, 0.2) is 0 Å². The molecule has 0 fully saturated rings. The molecule has 0 radical (unpaired) electrons. The zero-order valence-electron chi connectivity index (χ0n) is 10.1. The summed E-state index contributed by atoms with van der Waals surface area (Å²) in [5.74, 6) is 0. The molecule has 14 heteroatoms. The van der Waals surface area contributed by atoms with Crippen molar-refractivity contribution in [1.29, 1.82) is 0 Å². The molecule has 0 saturated heterocycles. The van der Waals surface area contributed by atoms with Crippen LogP contribution in [-0.4, -0.2) is 29.8 Å². The molecule has 2 rings (SSSR count). The summed E-state index contributed by atoms with van der Waals surface area (Å²) in [7, 11) is 0. The summed E-state index contributed by atoms with van der Waals surface area (Å²) in [5, 5.41) is 19.8. The highest BCUT2D eigenvalue weighted by Gasteiger charge is 2.13. The molecule has 0 aliphatic carbocycles. The highest BCUT2D eigenvalue weighted by molar-refractivity contribution is 6.33. The van der Waals surface area contributed by atoms with Crippen LogP contribution >= 0.6 is 23.2 Å². The lowest BCUT2D eigenvalue weighted by molar-refractivity contribution is -0.386. The zero-order chi connectivity index (χ0) is 16.9. The Kier molecular flexibility index (Phi) is 7.49.